The van der Waals surface area contributed by atoms with Crippen LogP contribution in [0.15, 0.2) is 42.5 Å². The van der Waals surface area contributed by atoms with E-state index < -0.39 is 29.5 Å². The van der Waals surface area contributed by atoms with Crippen molar-refractivity contribution in [3.8, 4) is 0 Å². The monoisotopic (exact) mass is 340 g/mol. The molecule has 0 unspecified atom stereocenters. The number of benzene rings is 2. The van der Waals surface area contributed by atoms with E-state index in [1.807, 2.05) is 0 Å². The number of halogens is 3. The lowest BCUT2D eigenvalue weighted by Gasteiger charge is -2.13. The minimum Gasteiger partial charge on any atom is -0.388 e. The number of aliphatic hydroxyl groups is 1. The molecule has 0 radical (unpaired) electrons. The number of aliphatic hydroxyl groups excluding tert-OH is 1. The van der Waals surface area contributed by atoms with Gasteiger partial charge in [0.2, 0.25) is 0 Å². The van der Waals surface area contributed by atoms with Crippen molar-refractivity contribution in [3.63, 3.8) is 0 Å². The molecule has 0 aromatic heterocycles. The topological polar surface area (TPSA) is 61.4 Å². The Balaban J connectivity index is 1.83. The summed E-state index contributed by atoms with van der Waals surface area (Å²) in [6.07, 6.45) is -0.577. The second-order valence-corrected chi connectivity index (χ2v) is 5.27. The number of amides is 2. The van der Waals surface area contributed by atoms with Crippen molar-refractivity contribution in [1.29, 1.82) is 0 Å². The summed E-state index contributed by atoms with van der Waals surface area (Å²) in [4.78, 5) is 11.6. The van der Waals surface area contributed by atoms with Crippen LogP contribution in [0.5, 0.6) is 0 Å². The van der Waals surface area contributed by atoms with Gasteiger partial charge in [0.05, 0.1) is 6.10 Å². The molecule has 0 heterocycles. The third kappa shape index (κ3) is 4.91. The largest absolute Gasteiger partial charge is 0.388 e. The molecule has 0 saturated heterocycles. The number of rotatable bonds is 5. The first kappa shape index (κ1) is 17.2. The van der Waals surface area contributed by atoms with Gasteiger partial charge in [-0.1, -0.05) is 29.8 Å². The van der Waals surface area contributed by atoms with Crippen molar-refractivity contribution in [3.05, 3.63) is 64.7 Å². The first-order valence-corrected chi connectivity index (χ1v) is 7.27. The average molecular weight is 341 g/mol. The van der Waals surface area contributed by atoms with Gasteiger partial charge in [0, 0.05) is 11.6 Å². The minimum absolute atomic E-state index is 0.121. The van der Waals surface area contributed by atoms with Crippen LogP contribution in [0, 0.1) is 11.6 Å². The third-order valence-corrected chi connectivity index (χ3v) is 3.37. The Kier molecular flexibility index (Phi) is 5.90. The number of nitrogens with one attached hydrogen (secondary N) is 2. The number of para-hydroxylation sites is 1. The Morgan fingerprint density at radius 3 is 2.48 bits per heavy atom. The zero-order chi connectivity index (χ0) is 16.8. The fourth-order valence-electron chi connectivity index (χ4n) is 1.98. The van der Waals surface area contributed by atoms with Crippen LogP contribution in [0.4, 0.5) is 19.3 Å². The maximum atomic E-state index is 13.4. The van der Waals surface area contributed by atoms with Crippen LogP contribution in [-0.2, 0) is 0 Å². The summed E-state index contributed by atoms with van der Waals surface area (Å²) in [6.45, 7) is 0.121. The van der Waals surface area contributed by atoms with Crippen molar-refractivity contribution in [2.45, 2.75) is 12.5 Å². The SMILES string of the molecule is O=C(NCC[C@@H](O)c1cccc(Cl)c1)Nc1c(F)cccc1F. The van der Waals surface area contributed by atoms with Gasteiger partial charge in [0.1, 0.15) is 17.3 Å². The molecule has 4 nitrogen and oxygen atoms in total. The molecule has 2 amide bonds. The molecule has 2 aromatic carbocycles. The second-order valence-electron chi connectivity index (χ2n) is 4.84. The summed E-state index contributed by atoms with van der Waals surface area (Å²) in [5.41, 5.74) is 0.111. The first-order chi connectivity index (χ1) is 11.0. The molecule has 0 aliphatic carbocycles. The van der Waals surface area contributed by atoms with Crippen molar-refractivity contribution >= 4 is 23.3 Å². The zero-order valence-electron chi connectivity index (χ0n) is 12.0. The number of hydrogen-bond acceptors (Lipinski definition) is 2. The number of hydrogen-bond donors (Lipinski definition) is 3. The Hall–Kier alpha value is -2.18. The van der Waals surface area contributed by atoms with Crippen LogP contribution in [0.2, 0.25) is 5.02 Å². The predicted molar refractivity (Wildman–Crippen MR) is 84.4 cm³/mol. The van der Waals surface area contributed by atoms with E-state index in [2.05, 4.69) is 10.6 Å². The zero-order valence-corrected chi connectivity index (χ0v) is 12.8. The lowest BCUT2D eigenvalue weighted by Crippen LogP contribution is -2.31. The molecular weight excluding hydrogens is 326 g/mol. The van der Waals surface area contributed by atoms with E-state index in [0.717, 1.165) is 12.1 Å². The van der Waals surface area contributed by atoms with Crippen molar-refractivity contribution in [2.75, 3.05) is 11.9 Å². The van der Waals surface area contributed by atoms with Crippen molar-refractivity contribution in [1.82, 2.24) is 5.32 Å². The molecule has 2 aromatic rings. The van der Waals surface area contributed by atoms with Gasteiger partial charge in [0.15, 0.2) is 0 Å². The molecule has 1 atom stereocenters. The van der Waals surface area contributed by atoms with Gasteiger partial charge < -0.3 is 15.7 Å². The molecule has 0 saturated carbocycles. The van der Waals surface area contributed by atoms with Gasteiger partial charge in [-0.3, -0.25) is 0 Å². The van der Waals surface area contributed by atoms with Gasteiger partial charge in [-0.2, -0.15) is 0 Å². The van der Waals surface area contributed by atoms with E-state index in [4.69, 9.17) is 11.6 Å². The lowest BCUT2D eigenvalue weighted by molar-refractivity contribution is 0.167. The normalized spacial score (nSPS) is 11.8. The highest BCUT2D eigenvalue weighted by molar-refractivity contribution is 6.30. The number of carbonyl (C=O) groups is 1. The highest BCUT2D eigenvalue weighted by Gasteiger charge is 2.12. The quantitative estimate of drug-likeness (QED) is 0.774. The molecule has 2 rings (SSSR count). The van der Waals surface area contributed by atoms with Crippen LogP contribution >= 0.6 is 11.6 Å². The Labute approximate surface area is 137 Å². The van der Waals surface area contributed by atoms with Gasteiger partial charge in [-0.25, -0.2) is 13.6 Å². The summed E-state index contributed by atoms with van der Waals surface area (Å²) < 4.78 is 26.8. The summed E-state index contributed by atoms with van der Waals surface area (Å²) in [5.74, 6) is -1.72. The maximum absolute atomic E-state index is 13.4. The highest BCUT2D eigenvalue weighted by Crippen LogP contribution is 2.20. The van der Waals surface area contributed by atoms with Crippen LogP contribution < -0.4 is 10.6 Å². The molecule has 23 heavy (non-hydrogen) atoms. The van der Waals surface area contributed by atoms with E-state index in [1.54, 1.807) is 24.3 Å². The number of urea groups is 1. The van der Waals surface area contributed by atoms with Crippen molar-refractivity contribution in [2.24, 2.45) is 0 Å². The van der Waals surface area contributed by atoms with Gasteiger partial charge in [0.25, 0.3) is 0 Å². The van der Waals surface area contributed by atoms with Gasteiger partial charge in [-0.15, -0.1) is 0 Å². The Morgan fingerprint density at radius 2 is 1.83 bits per heavy atom. The van der Waals surface area contributed by atoms with E-state index >= 15 is 0 Å². The van der Waals surface area contributed by atoms with E-state index in [0.29, 0.717) is 10.6 Å². The summed E-state index contributed by atoms with van der Waals surface area (Å²) in [6, 6.07) is 9.27. The van der Waals surface area contributed by atoms with Gasteiger partial charge in [-0.05, 0) is 36.2 Å². The molecule has 0 fully saturated rings. The van der Waals surface area contributed by atoms with Crippen molar-refractivity contribution < 1.29 is 18.7 Å². The van der Waals surface area contributed by atoms with E-state index in [1.165, 1.54) is 6.07 Å². The Bertz CT molecular complexity index is 677. The predicted octanol–water partition coefficient (Wildman–Crippen LogP) is 3.86. The third-order valence-electron chi connectivity index (χ3n) is 3.14. The summed E-state index contributed by atoms with van der Waals surface area (Å²) >= 11 is 5.83. The maximum Gasteiger partial charge on any atom is 0.319 e. The van der Waals surface area contributed by atoms with Crippen LogP contribution in [0.3, 0.4) is 0 Å². The summed E-state index contributed by atoms with van der Waals surface area (Å²) in [7, 11) is 0. The molecule has 122 valence electrons. The molecule has 0 aliphatic heterocycles. The highest BCUT2D eigenvalue weighted by atomic mass is 35.5. The minimum atomic E-state index is -0.862. The smallest absolute Gasteiger partial charge is 0.319 e. The molecule has 0 bridgehead atoms. The Morgan fingerprint density at radius 1 is 1.17 bits per heavy atom. The average Bonchev–Trinajstić information content (AvgIpc) is 2.51. The van der Waals surface area contributed by atoms with Crippen LogP contribution in [0.1, 0.15) is 18.1 Å². The van der Waals surface area contributed by atoms with Crippen LogP contribution in [-0.4, -0.2) is 17.7 Å². The molecule has 0 spiro atoms. The standard InChI is InChI=1S/C16H15ClF2N2O2/c17-11-4-1-3-10(9-11)14(22)7-8-20-16(23)21-15-12(18)5-2-6-13(15)19/h1-6,9,14,22H,7-8H2,(H2,20,21,23)/t14-/m1/s1. The fraction of sp³-hybridized carbons (Fsp3) is 0.188. The van der Waals surface area contributed by atoms with Gasteiger partial charge >= 0.3 is 6.03 Å². The second kappa shape index (κ2) is 7.89. The molecule has 0 aliphatic rings. The fourth-order valence-corrected chi connectivity index (χ4v) is 2.18. The lowest BCUT2D eigenvalue weighted by atomic mass is 10.1. The summed E-state index contributed by atoms with van der Waals surface area (Å²) in [5, 5.41) is 15.0. The van der Waals surface area contributed by atoms with E-state index in [-0.39, 0.29) is 13.0 Å². The molecule has 3 N–H and O–H groups in total. The van der Waals surface area contributed by atoms with Crippen LogP contribution in [0.25, 0.3) is 0 Å². The van der Waals surface area contributed by atoms with E-state index in [9.17, 15) is 18.7 Å². The first-order valence-electron chi connectivity index (χ1n) is 6.90. The molecular formula is C16H15ClF2N2O2. The number of carbonyl (C=O) groups excluding carboxylic acids is 1. The molecule has 7 heteroatoms. The number of anilines is 1.